The topological polar surface area (TPSA) is 94.9 Å². The Hall–Kier alpha value is -3.98. The lowest BCUT2D eigenvalue weighted by Crippen LogP contribution is -2.17. The Kier molecular flexibility index (Phi) is 5.70. The molecule has 0 spiro atoms. The summed E-state index contributed by atoms with van der Waals surface area (Å²) >= 11 is 0. The van der Waals surface area contributed by atoms with E-state index < -0.39 is 5.91 Å². The molecule has 2 amide bonds. The standard InChI is InChI=1S/C23H20N4O2/c1-14-10-15(2)21(16(3)11-14)27-22(28)18-8-9-25-20(12-18)23(29)26-19-6-4-17(13-24)5-7-19/h4-12H,1-3H3,(H,26,29)(H,27,28). The van der Waals surface area contributed by atoms with E-state index in [2.05, 4.69) is 15.6 Å². The number of amides is 2. The van der Waals surface area contributed by atoms with Gasteiger partial charge < -0.3 is 10.6 Å². The number of aryl methyl sites for hydroxylation is 3. The maximum absolute atomic E-state index is 12.7. The van der Waals surface area contributed by atoms with Gasteiger partial charge in [0.05, 0.1) is 11.6 Å². The van der Waals surface area contributed by atoms with Crippen molar-refractivity contribution >= 4 is 23.2 Å². The molecule has 144 valence electrons. The summed E-state index contributed by atoms with van der Waals surface area (Å²) in [5.74, 6) is -0.748. The van der Waals surface area contributed by atoms with E-state index in [-0.39, 0.29) is 11.6 Å². The van der Waals surface area contributed by atoms with Crippen molar-refractivity contribution in [3.8, 4) is 6.07 Å². The molecular weight excluding hydrogens is 364 g/mol. The van der Waals surface area contributed by atoms with Gasteiger partial charge in [0.15, 0.2) is 0 Å². The highest BCUT2D eigenvalue weighted by atomic mass is 16.2. The van der Waals surface area contributed by atoms with Gasteiger partial charge in [0, 0.05) is 23.1 Å². The van der Waals surface area contributed by atoms with E-state index in [1.807, 2.05) is 39.0 Å². The molecule has 0 aliphatic rings. The fraction of sp³-hybridized carbons (Fsp3) is 0.130. The Morgan fingerprint density at radius 1 is 0.897 bits per heavy atom. The number of hydrogen-bond donors (Lipinski definition) is 2. The van der Waals surface area contributed by atoms with E-state index in [1.54, 1.807) is 30.3 Å². The van der Waals surface area contributed by atoms with Gasteiger partial charge >= 0.3 is 0 Å². The quantitative estimate of drug-likeness (QED) is 0.698. The minimum Gasteiger partial charge on any atom is -0.322 e. The van der Waals surface area contributed by atoms with E-state index in [0.717, 1.165) is 22.4 Å². The number of nitrogens with one attached hydrogen (secondary N) is 2. The smallest absolute Gasteiger partial charge is 0.274 e. The highest BCUT2D eigenvalue weighted by Gasteiger charge is 2.14. The van der Waals surface area contributed by atoms with Gasteiger partial charge in [-0.25, -0.2) is 0 Å². The molecule has 6 heteroatoms. The Morgan fingerprint density at radius 3 is 2.17 bits per heavy atom. The second-order valence-electron chi connectivity index (χ2n) is 6.80. The minimum absolute atomic E-state index is 0.124. The van der Waals surface area contributed by atoms with Crippen LogP contribution in [0.25, 0.3) is 0 Å². The maximum atomic E-state index is 12.7. The number of hydrogen-bond acceptors (Lipinski definition) is 4. The second kappa shape index (κ2) is 8.36. The molecule has 0 saturated carbocycles. The van der Waals surface area contributed by atoms with Crippen LogP contribution in [0.5, 0.6) is 0 Å². The van der Waals surface area contributed by atoms with E-state index >= 15 is 0 Å². The van der Waals surface area contributed by atoms with Gasteiger partial charge in [-0.1, -0.05) is 17.7 Å². The molecular formula is C23H20N4O2. The first kappa shape index (κ1) is 19.8. The van der Waals surface area contributed by atoms with Crippen molar-refractivity contribution in [1.29, 1.82) is 5.26 Å². The van der Waals surface area contributed by atoms with Crippen LogP contribution in [0.1, 0.15) is 43.1 Å². The molecule has 2 N–H and O–H groups in total. The molecule has 29 heavy (non-hydrogen) atoms. The van der Waals surface area contributed by atoms with E-state index in [9.17, 15) is 9.59 Å². The molecule has 1 aromatic heterocycles. The molecule has 0 aliphatic carbocycles. The van der Waals surface area contributed by atoms with Crippen molar-refractivity contribution < 1.29 is 9.59 Å². The lowest BCUT2D eigenvalue weighted by Gasteiger charge is -2.13. The predicted octanol–water partition coefficient (Wildman–Crippen LogP) is 4.38. The molecule has 0 radical (unpaired) electrons. The summed E-state index contributed by atoms with van der Waals surface area (Å²) in [4.78, 5) is 29.2. The molecule has 0 bridgehead atoms. The van der Waals surface area contributed by atoms with Crippen LogP contribution in [-0.2, 0) is 0 Å². The number of benzene rings is 2. The number of carbonyl (C=O) groups excluding carboxylic acids is 2. The Morgan fingerprint density at radius 2 is 1.55 bits per heavy atom. The third-order valence-electron chi connectivity index (χ3n) is 4.44. The highest BCUT2D eigenvalue weighted by Crippen LogP contribution is 2.22. The molecule has 3 rings (SSSR count). The van der Waals surface area contributed by atoms with Gasteiger partial charge in [-0.15, -0.1) is 0 Å². The highest BCUT2D eigenvalue weighted by molar-refractivity contribution is 6.08. The van der Waals surface area contributed by atoms with Crippen LogP contribution in [-0.4, -0.2) is 16.8 Å². The fourth-order valence-electron chi connectivity index (χ4n) is 3.08. The van der Waals surface area contributed by atoms with Crippen LogP contribution < -0.4 is 10.6 Å². The Bertz CT molecular complexity index is 1110. The van der Waals surface area contributed by atoms with Crippen LogP contribution in [0.3, 0.4) is 0 Å². The van der Waals surface area contributed by atoms with Gasteiger partial charge in [0.2, 0.25) is 0 Å². The van der Waals surface area contributed by atoms with E-state index in [0.29, 0.717) is 16.8 Å². The molecule has 0 fully saturated rings. The largest absolute Gasteiger partial charge is 0.322 e. The molecule has 6 nitrogen and oxygen atoms in total. The van der Waals surface area contributed by atoms with Crippen molar-refractivity contribution in [1.82, 2.24) is 4.98 Å². The number of anilines is 2. The van der Waals surface area contributed by atoms with E-state index in [4.69, 9.17) is 5.26 Å². The van der Waals surface area contributed by atoms with Crippen molar-refractivity contribution in [2.24, 2.45) is 0 Å². The number of carbonyl (C=O) groups is 2. The number of nitriles is 1. The lowest BCUT2D eigenvalue weighted by atomic mass is 10.0. The monoisotopic (exact) mass is 384 g/mol. The Labute approximate surface area is 169 Å². The van der Waals surface area contributed by atoms with Crippen LogP contribution in [0.2, 0.25) is 0 Å². The van der Waals surface area contributed by atoms with Gasteiger partial charge in [-0.3, -0.25) is 14.6 Å². The zero-order valence-electron chi connectivity index (χ0n) is 16.4. The van der Waals surface area contributed by atoms with Crippen LogP contribution in [0.4, 0.5) is 11.4 Å². The second-order valence-corrected chi connectivity index (χ2v) is 6.80. The first-order valence-corrected chi connectivity index (χ1v) is 9.04. The SMILES string of the molecule is Cc1cc(C)c(NC(=O)c2ccnc(C(=O)Nc3ccc(C#N)cc3)c2)c(C)c1. The van der Waals surface area contributed by atoms with E-state index in [1.165, 1.54) is 12.3 Å². The van der Waals surface area contributed by atoms with Gasteiger partial charge in [-0.2, -0.15) is 5.26 Å². The molecule has 0 saturated heterocycles. The summed E-state index contributed by atoms with van der Waals surface area (Å²) in [7, 11) is 0. The molecule has 2 aromatic carbocycles. The molecule has 0 atom stereocenters. The van der Waals surface area contributed by atoms with Crippen LogP contribution >= 0.6 is 0 Å². The number of pyridine rings is 1. The molecule has 0 unspecified atom stereocenters. The summed E-state index contributed by atoms with van der Waals surface area (Å²) in [5.41, 5.74) is 5.35. The van der Waals surface area contributed by atoms with Crippen molar-refractivity contribution in [3.05, 3.63) is 88.2 Å². The summed E-state index contributed by atoms with van der Waals surface area (Å²) in [6.45, 7) is 5.89. The summed E-state index contributed by atoms with van der Waals surface area (Å²) < 4.78 is 0. The Balaban J connectivity index is 1.77. The van der Waals surface area contributed by atoms with Crippen molar-refractivity contribution in [2.75, 3.05) is 10.6 Å². The van der Waals surface area contributed by atoms with Crippen LogP contribution in [0.15, 0.2) is 54.7 Å². The van der Waals surface area contributed by atoms with Gasteiger partial charge in [-0.05, 0) is 68.3 Å². The summed E-state index contributed by atoms with van der Waals surface area (Å²) in [6.07, 6.45) is 1.43. The summed E-state index contributed by atoms with van der Waals surface area (Å²) in [6, 6.07) is 15.5. The predicted molar refractivity (Wildman–Crippen MR) is 112 cm³/mol. The first-order valence-electron chi connectivity index (χ1n) is 9.04. The minimum atomic E-state index is -0.438. The zero-order valence-corrected chi connectivity index (χ0v) is 16.4. The lowest BCUT2D eigenvalue weighted by molar-refractivity contribution is 0.102. The normalized spacial score (nSPS) is 10.1. The van der Waals surface area contributed by atoms with Gasteiger partial charge in [0.1, 0.15) is 5.69 Å². The average molecular weight is 384 g/mol. The number of nitrogens with zero attached hydrogens (tertiary/aromatic N) is 2. The third-order valence-corrected chi connectivity index (χ3v) is 4.44. The molecule has 0 aliphatic heterocycles. The van der Waals surface area contributed by atoms with Crippen LogP contribution in [0, 0.1) is 32.1 Å². The first-order chi connectivity index (χ1) is 13.9. The van der Waals surface area contributed by atoms with Gasteiger partial charge in [0.25, 0.3) is 11.8 Å². The molecule has 3 aromatic rings. The average Bonchev–Trinajstić information content (AvgIpc) is 2.71. The molecule has 1 heterocycles. The number of aromatic nitrogens is 1. The maximum Gasteiger partial charge on any atom is 0.274 e. The van der Waals surface area contributed by atoms with Crippen molar-refractivity contribution in [2.45, 2.75) is 20.8 Å². The van der Waals surface area contributed by atoms with Crippen molar-refractivity contribution in [3.63, 3.8) is 0 Å². The zero-order chi connectivity index (χ0) is 21.0. The number of rotatable bonds is 4. The third kappa shape index (κ3) is 4.66. The summed E-state index contributed by atoms with van der Waals surface area (Å²) in [5, 5.41) is 14.5. The fourth-order valence-corrected chi connectivity index (χ4v) is 3.08.